The Hall–Kier alpha value is -2.74. The van der Waals surface area contributed by atoms with Crippen LogP contribution in [0.3, 0.4) is 0 Å². The maximum Gasteiger partial charge on any atom is 0.148 e. The molecule has 0 amide bonds. The number of rotatable bonds is 5. The normalized spacial score (nSPS) is 14.8. The van der Waals surface area contributed by atoms with Gasteiger partial charge in [0.2, 0.25) is 0 Å². The molecule has 0 bridgehead atoms. The summed E-state index contributed by atoms with van der Waals surface area (Å²) in [6, 6.07) is 12.4. The summed E-state index contributed by atoms with van der Waals surface area (Å²) in [6.07, 6.45) is 1.66. The van der Waals surface area contributed by atoms with Crippen molar-refractivity contribution in [2.24, 2.45) is 0 Å². The van der Waals surface area contributed by atoms with E-state index in [0.29, 0.717) is 28.3 Å². The van der Waals surface area contributed by atoms with E-state index in [4.69, 9.17) is 10.7 Å². The lowest BCUT2D eigenvalue weighted by atomic mass is 10.0. The number of aromatic nitrogens is 1. The number of pyridine rings is 1. The SMILES string of the molecule is CCc1c(C#N)c(SCc2ccc(N)cc2)nc(N2CCCN(C)CC2)c1C#N. The Kier molecular flexibility index (Phi) is 6.98. The molecular weight excluding hydrogens is 380 g/mol. The lowest BCUT2D eigenvalue weighted by molar-refractivity contribution is 0.360. The van der Waals surface area contributed by atoms with Crippen LogP contribution in [0.15, 0.2) is 29.3 Å². The highest BCUT2D eigenvalue weighted by atomic mass is 32.2. The maximum atomic E-state index is 9.87. The molecule has 1 saturated heterocycles. The van der Waals surface area contributed by atoms with E-state index in [1.165, 1.54) is 0 Å². The van der Waals surface area contributed by atoms with Gasteiger partial charge in [-0.3, -0.25) is 0 Å². The first kappa shape index (κ1) is 21.0. The van der Waals surface area contributed by atoms with Gasteiger partial charge < -0.3 is 15.5 Å². The lowest BCUT2D eigenvalue weighted by Gasteiger charge is -2.25. The van der Waals surface area contributed by atoms with Gasteiger partial charge in [0.1, 0.15) is 23.0 Å². The van der Waals surface area contributed by atoms with Gasteiger partial charge in [-0.2, -0.15) is 10.5 Å². The number of nitrogen functional groups attached to an aromatic ring is 1. The fourth-order valence-electron chi connectivity index (χ4n) is 3.54. The van der Waals surface area contributed by atoms with Gasteiger partial charge in [0.25, 0.3) is 0 Å². The van der Waals surface area contributed by atoms with Crippen LogP contribution in [0.1, 0.15) is 35.6 Å². The molecule has 150 valence electrons. The average Bonchev–Trinajstić information content (AvgIpc) is 2.96. The standard InChI is InChI=1S/C22H26N6S/c1-3-18-19(13-23)21(28-10-4-9-27(2)11-12-28)26-22(20(18)14-24)29-15-16-5-7-17(25)8-6-16/h5-8H,3-4,9-12,15,25H2,1-2H3. The number of likely N-dealkylation sites (N-methyl/N-ethyl adjacent to an activating group) is 1. The van der Waals surface area contributed by atoms with Crippen LogP contribution < -0.4 is 10.6 Å². The van der Waals surface area contributed by atoms with Crippen LogP contribution in [0.4, 0.5) is 11.5 Å². The largest absolute Gasteiger partial charge is 0.399 e. The Morgan fingerprint density at radius 2 is 1.79 bits per heavy atom. The van der Waals surface area contributed by atoms with Crippen molar-refractivity contribution >= 4 is 23.3 Å². The second-order valence-corrected chi connectivity index (χ2v) is 8.18. The molecule has 2 aromatic rings. The fraction of sp³-hybridized carbons (Fsp3) is 0.409. The van der Waals surface area contributed by atoms with Crippen molar-refractivity contribution in [2.75, 3.05) is 43.9 Å². The zero-order valence-corrected chi connectivity index (χ0v) is 17.8. The minimum Gasteiger partial charge on any atom is -0.399 e. The predicted molar refractivity (Wildman–Crippen MR) is 118 cm³/mol. The fourth-order valence-corrected chi connectivity index (χ4v) is 4.50. The van der Waals surface area contributed by atoms with Crippen LogP contribution >= 0.6 is 11.8 Å². The van der Waals surface area contributed by atoms with E-state index in [2.05, 4.69) is 29.0 Å². The summed E-state index contributed by atoms with van der Waals surface area (Å²) < 4.78 is 0. The number of nitriles is 2. The van der Waals surface area contributed by atoms with Crippen LogP contribution in [-0.2, 0) is 12.2 Å². The van der Waals surface area contributed by atoms with Crippen molar-refractivity contribution in [1.29, 1.82) is 10.5 Å². The molecule has 1 aliphatic heterocycles. The van der Waals surface area contributed by atoms with Gasteiger partial charge in [-0.25, -0.2) is 4.98 Å². The molecule has 29 heavy (non-hydrogen) atoms. The number of anilines is 2. The van der Waals surface area contributed by atoms with Crippen LogP contribution in [-0.4, -0.2) is 43.1 Å². The highest BCUT2D eigenvalue weighted by Crippen LogP contribution is 2.33. The van der Waals surface area contributed by atoms with E-state index < -0.39 is 0 Å². The zero-order chi connectivity index (χ0) is 20.8. The third-order valence-corrected chi connectivity index (χ3v) is 6.25. The molecule has 1 aromatic carbocycles. The quantitative estimate of drug-likeness (QED) is 0.601. The van der Waals surface area contributed by atoms with Crippen LogP contribution in [0, 0.1) is 22.7 Å². The van der Waals surface area contributed by atoms with E-state index >= 15 is 0 Å². The number of nitrogens with zero attached hydrogens (tertiary/aromatic N) is 5. The Morgan fingerprint density at radius 3 is 2.45 bits per heavy atom. The van der Waals surface area contributed by atoms with E-state index in [0.717, 1.165) is 55.2 Å². The number of benzene rings is 1. The lowest BCUT2D eigenvalue weighted by Crippen LogP contribution is -2.30. The van der Waals surface area contributed by atoms with Gasteiger partial charge >= 0.3 is 0 Å². The summed E-state index contributed by atoms with van der Waals surface area (Å²) in [5.74, 6) is 1.41. The smallest absolute Gasteiger partial charge is 0.148 e. The van der Waals surface area contributed by atoms with Crippen LogP contribution in [0.25, 0.3) is 0 Å². The number of hydrogen-bond acceptors (Lipinski definition) is 7. The third-order valence-electron chi connectivity index (χ3n) is 5.20. The molecular formula is C22H26N6S. The first-order chi connectivity index (χ1) is 14.1. The third kappa shape index (κ3) is 4.82. The van der Waals surface area contributed by atoms with Crippen molar-refractivity contribution in [3.05, 3.63) is 46.5 Å². The molecule has 1 aromatic heterocycles. The average molecular weight is 407 g/mol. The molecule has 2 N–H and O–H groups in total. The molecule has 0 saturated carbocycles. The van der Waals surface area contributed by atoms with Gasteiger partial charge in [-0.15, -0.1) is 11.8 Å². The highest BCUT2D eigenvalue weighted by molar-refractivity contribution is 7.98. The van der Waals surface area contributed by atoms with Crippen molar-refractivity contribution < 1.29 is 0 Å². The first-order valence-corrected chi connectivity index (χ1v) is 10.8. The monoisotopic (exact) mass is 406 g/mol. The highest BCUT2D eigenvalue weighted by Gasteiger charge is 2.24. The van der Waals surface area contributed by atoms with Crippen LogP contribution in [0.5, 0.6) is 0 Å². The second kappa shape index (κ2) is 9.65. The molecule has 3 rings (SSSR count). The Labute approximate surface area is 176 Å². The van der Waals surface area contributed by atoms with Crippen LogP contribution in [0.2, 0.25) is 0 Å². The van der Waals surface area contributed by atoms with Gasteiger partial charge in [0.05, 0.1) is 11.1 Å². The van der Waals surface area contributed by atoms with E-state index in [1.54, 1.807) is 11.8 Å². The molecule has 2 heterocycles. The van der Waals surface area contributed by atoms with Gasteiger partial charge in [-0.1, -0.05) is 19.1 Å². The number of thioether (sulfide) groups is 1. The Balaban J connectivity index is 1.99. The summed E-state index contributed by atoms with van der Waals surface area (Å²) in [6.45, 7) is 5.65. The molecule has 1 fully saturated rings. The van der Waals surface area contributed by atoms with Gasteiger partial charge in [-0.05, 0) is 49.7 Å². The zero-order valence-electron chi connectivity index (χ0n) is 17.0. The van der Waals surface area contributed by atoms with Crippen molar-refractivity contribution in [3.63, 3.8) is 0 Å². The van der Waals surface area contributed by atoms with E-state index in [1.807, 2.05) is 31.2 Å². The molecule has 6 nitrogen and oxygen atoms in total. The summed E-state index contributed by atoms with van der Waals surface area (Å²) in [7, 11) is 2.12. The second-order valence-electron chi connectivity index (χ2n) is 7.22. The molecule has 0 spiro atoms. The first-order valence-electron chi connectivity index (χ1n) is 9.85. The van der Waals surface area contributed by atoms with Crippen molar-refractivity contribution in [3.8, 4) is 12.1 Å². The molecule has 0 atom stereocenters. The molecule has 0 unspecified atom stereocenters. The predicted octanol–water partition coefficient (Wildman–Crippen LogP) is 3.40. The summed E-state index contributed by atoms with van der Waals surface area (Å²) >= 11 is 1.54. The van der Waals surface area contributed by atoms with Gasteiger partial charge in [0, 0.05) is 31.1 Å². The van der Waals surface area contributed by atoms with Crippen molar-refractivity contribution in [2.45, 2.75) is 30.5 Å². The maximum absolute atomic E-state index is 9.87. The Morgan fingerprint density at radius 1 is 1.07 bits per heavy atom. The minimum absolute atomic E-state index is 0.528. The summed E-state index contributed by atoms with van der Waals surface area (Å²) in [4.78, 5) is 9.35. The minimum atomic E-state index is 0.528. The van der Waals surface area contributed by atoms with Crippen molar-refractivity contribution in [1.82, 2.24) is 9.88 Å². The molecule has 7 heteroatoms. The number of nitrogens with two attached hydrogens (primary N) is 1. The Bertz CT molecular complexity index is 942. The molecule has 0 radical (unpaired) electrons. The topological polar surface area (TPSA) is 93.0 Å². The summed E-state index contributed by atoms with van der Waals surface area (Å²) in [5, 5.41) is 20.4. The molecule has 0 aliphatic carbocycles. The summed E-state index contributed by atoms with van der Waals surface area (Å²) in [5.41, 5.74) is 9.50. The molecule has 1 aliphatic rings. The van der Waals surface area contributed by atoms with E-state index in [9.17, 15) is 10.5 Å². The van der Waals surface area contributed by atoms with Gasteiger partial charge in [0.15, 0.2) is 0 Å². The van der Waals surface area contributed by atoms with E-state index in [-0.39, 0.29) is 0 Å². The number of hydrogen-bond donors (Lipinski definition) is 1.